The van der Waals surface area contributed by atoms with Gasteiger partial charge >= 0.3 is 23.9 Å². The van der Waals surface area contributed by atoms with Crippen molar-refractivity contribution in [3.8, 4) is 0 Å². The highest BCUT2D eigenvalue weighted by Crippen LogP contribution is 2.17. The number of rotatable bonds is 9. The van der Waals surface area contributed by atoms with Gasteiger partial charge in [0, 0.05) is 6.42 Å². The molecule has 0 radical (unpaired) electrons. The average molecular weight is 295 g/mol. The first-order valence-corrected chi connectivity index (χ1v) is 5.38. The molecule has 1 atom stereocenters. The van der Waals surface area contributed by atoms with Gasteiger partial charge in [0.05, 0.1) is 0 Å². The molecule has 0 saturated heterocycles. The van der Waals surface area contributed by atoms with Crippen LogP contribution in [0.4, 0.5) is 0 Å². The quantitative estimate of drug-likeness (QED) is 0.335. The average Bonchev–Trinajstić information content (AvgIpc) is 2.12. The van der Waals surface area contributed by atoms with E-state index >= 15 is 0 Å². The first-order valence-electron chi connectivity index (χ1n) is 5.38. The first-order chi connectivity index (χ1) is 8.64. The largest absolute Gasteiger partial charge is 0.477 e. The Morgan fingerprint density at radius 3 is 1.30 bits per heavy atom. The third-order valence-electron chi connectivity index (χ3n) is 2.68. The van der Waals surface area contributed by atoms with Crippen LogP contribution < -0.4 is 6.15 Å². The standard InChI is InChI=1S/C10H15NO8.H3N/c1-2-6(10(18)19)11(3-7(12)13,4-8(14)15)5-9(16)17;/h6H,2-5H2,1H3,(H3-,12,13,14,15,16,17,18,19);1H3/p+1. The Kier molecular flexibility index (Phi) is 8.12. The molecule has 116 valence electrons. The maximum absolute atomic E-state index is 11.1. The van der Waals surface area contributed by atoms with Crippen molar-refractivity contribution in [2.24, 2.45) is 0 Å². The summed E-state index contributed by atoms with van der Waals surface area (Å²) in [6, 6.07) is -1.41. The summed E-state index contributed by atoms with van der Waals surface area (Å²) in [5, 5.41) is 35.5. The molecule has 0 aromatic rings. The normalized spacial score (nSPS) is 12.1. The molecule has 0 aliphatic heterocycles. The summed E-state index contributed by atoms with van der Waals surface area (Å²) in [6.45, 7) is -1.23. The summed E-state index contributed by atoms with van der Waals surface area (Å²) in [4.78, 5) is 43.6. The number of carboxylic acids is 4. The third-order valence-corrected chi connectivity index (χ3v) is 2.68. The van der Waals surface area contributed by atoms with Crippen molar-refractivity contribution in [3.63, 3.8) is 0 Å². The van der Waals surface area contributed by atoms with Gasteiger partial charge in [0.25, 0.3) is 0 Å². The lowest BCUT2D eigenvalue weighted by Crippen LogP contribution is -2.64. The molecule has 10 nitrogen and oxygen atoms in total. The van der Waals surface area contributed by atoms with Gasteiger partial charge in [-0.25, -0.2) is 19.2 Å². The van der Waals surface area contributed by atoms with Crippen LogP contribution in [0.15, 0.2) is 0 Å². The van der Waals surface area contributed by atoms with Gasteiger partial charge in [0.15, 0.2) is 25.7 Å². The van der Waals surface area contributed by atoms with Gasteiger partial charge in [-0.15, -0.1) is 0 Å². The molecule has 0 rings (SSSR count). The van der Waals surface area contributed by atoms with Gasteiger partial charge in [-0.1, -0.05) is 6.92 Å². The first kappa shape index (κ1) is 20.1. The SMILES string of the molecule is CCC(C(=O)O)[N+](CC(=O)O)(CC(=O)O)CC(=O)O.N. The van der Waals surface area contributed by atoms with Gasteiger partial charge in [-0.3, -0.25) is 4.48 Å². The van der Waals surface area contributed by atoms with E-state index in [1.54, 1.807) is 0 Å². The highest BCUT2D eigenvalue weighted by molar-refractivity contribution is 5.77. The van der Waals surface area contributed by atoms with E-state index < -0.39 is 54.0 Å². The van der Waals surface area contributed by atoms with E-state index in [4.69, 9.17) is 20.4 Å². The molecular weight excluding hydrogens is 276 g/mol. The summed E-state index contributed by atoms with van der Waals surface area (Å²) < 4.78 is -1.06. The Balaban J connectivity index is 0. The van der Waals surface area contributed by atoms with Crippen molar-refractivity contribution in [1.82, 2.24) is 6.15 Å². The molecule has 10 heteroatoms. The van der Waals surface area contributed by atoms with E-state index in [0.717, 1.165) is 0 Å². The minimum absolute atomic E-state index is 0. The van der Waals surface area contributed by atoms with Crippen molar-refractivity contribution in [3.05, 3.63) is 0 Å². The summed E-state index contributed by atoms with van der Waals surface area (Å²) >= 11 is 0. The van der Waals surface area contributed by atoms with Crippen LogP contribution >= 0.6 is 0 Å². The van der Waals surface area contributed by atoms with Crippen molar-refractivity contribution in [2.45, 2.75) is 19.4 Å². The molecule has 7 N–H and O–H groups in total. The van der Waals surface area contributed by atoms with Gasteiger partial charge in [-0.05, 0) is 0 Å². The van der Waals surface area contributed by atoms with Crippen LogP contribution in [0.3, 0.4) is 0 Å². The van der Waals surface area contributed by atoms with E-state index in [1.807, 2.05) is 0 Å². The number of carboxylic acid groups (broad SMARTS) is 4. The van der Waals surface area contributed by atoms with Crippen molar-refractivity contribution in [2.75, 3.05) is 19.6 Å². The van der Waals surface area contributed by atoms with Gasteiger partial charge < -0.3 is 26.6 Å². The molecule has 0 heterocycles. The molecule has 20 heavy (non-hydrogen) atoms. The van der Waals surface area contributed by atoms with Gasteiger partial charge in [0.2, 0.25) is 0 Å². The van der Waals surface area contributed by atoms with Crippen LogP contribution in [0.2, 0.25) is 0 Å². The summed E-state index contributed by atoms with van der Waals surface area (Å²) in [7, 11) is 0. The Morgan fingerprint density at radius 1 is 0.850 bits per heavy atom. The van der Waals surface area contributed by atoms with Crippen LogP contribution in [0.1, 0.15) is 13.3 Å². The number of aliphatic carboxylic acids is 4. The van der Waals surface area contributed by atoms with E-state index in [2.05, 4.69) is 0 Å². The Hall–Kier alpha value is -2.20. The predicted molar refractivity (Wildman–Crippen MR) is 64.5 cm³/mol. The lowest BCUT2D eigenvalue weighted by molar-refractivity contribution is -0.923. The minimum atomic E-state index is -1.46. The maximum atomic E-state index is 11.1. The number of quaternary nitrogens is 1. The van der Waals surface area contributed by atoms with Crippen molar-refractivity contribution >= 4 is 23.9 Å². The summed E-state index contributed by atoms with van der Waals surface area (Å²) in [6.07, 6.45) is -0.0802. The minimum Gasteiger partial charge on any atom is -0.477 e. The third kappa shape index (κ3) is 5.63. The van der Waals surface area contributed by atoms with E-state index in [1.165, 1.54) is 6.92 Å². The lowest BCUT2D eigenvalue weighted by Gasteiger charge is -2.38. The fourth-order valence-corrected chi connectivity index (χ4v) is 2.10. The smallest absolute Gasteiger partial charge is 0.362 e. The van der Waals surface area contributed by atoms with Crippen LogP contribution in [-0.4, -0.2) is 74.5 Å². The zero-order valence-electron chi connectivity index (χ0n) is 11.0. The highest BCUT2D eigenvalue weighted by Gasteiger charge is 2.46. The van der Waals surface area contributed by atoms with Crippen LogP contribution in [0, 0.1) is 0 Å². The van der Waals surface area contributed by atoms with Gasteiger partial charge in [-0.2, -0.15) is 0 Å². The summed E-state index contributed by atoms with van der Waals surface area (Å²) in [5.74, 6) is -5.79. The second-order valence-electron chi connectivity index (χ2n) is 4.14. The highest BCUT2D eigenvalue weighted by atomic mass is 16.4. The molecule has 0 amide bonds. The summed E-state index contributed by atoms with van der Waals surface area (Å²) in [5.41, 5.74) is 0. The molecular formula is C10H19N2O8+. The van der Waals surface area contributed by atoms with Crippen molar-refractivity contribution < 1.29 is 44.1 Å². The molecule has 1 unspecified atom stereocenters. The van der Waals surface area contributed by atoms with Crippen LogP contribution in [0.25, 0.3) is 0 Å². The Morgan fingerprint density at radius 2 is 1.15 bits per heavy atom. The zero-order valence-corrected chi connectivity index (χ0v) is 11.0. The molecule has 0 aromatic heterocycles. The number of nitrogens with zero attached hydrogens (tertiary/aromatic N) is 1. The molecule has 0 aliphatic carbocycles. The van der Waals surface area contributed by atoms with Crippen LogP contribution in [0.5, 0.6) is 0 Å². The molecule has 0 aromatic carbocycles. The predicted octanol–water partition coefficient (Wildman–Crippen LogP) is -0.918. The fourth-order valence-electron chi connectivity index (χ4n) is 2.10. The van der Waals surface area contributed by atoms with Gasteiger partial charge in [0.1, 0.15) is 0 Å². The molecule has 0 spiro atoms. The van der Waals surface area contributed by atoms with E-state index in [9.17, 15) is 19.2 Å². The Bertz CT molecular complexity index is 354. The maximum Gasteiger partial charge on any atom is 0.362 e. The topological polar surface area (TPSA) is 184 Å². The lowest BCUT2D eigenvalue weighted by atomic mass is 10.1. The number of carbonyl (C=O) groups is 4. The zero-order chi connectivity index (χ0) is 15.2. The second-order valence-corrected chi connectivity index (χ2v) is 4.14. The second kappa shape index (κ2) is 8.07. The molecule has 0 saturated carbocycles. The number of hydrogen-bond acceptors (Lipinski definition) is 5. The molecule has 0 aliphatic rings. The Labute approximate surface area is 114 Å². The molecule has 0 bridgehead atoms. The fraction of sp³-hybridized carbons (Fsp3) is 0.600. The number of hydrogen-bond donors (Lipinski definition) is 5. The van der Waals surface area contributed by atoms with E-state index in [0.29, 0.717) is 0 Å². The monoisotopic (exact) mass is 295 g/mol. The molecule has 0 fully saturated rings. The van der Waals surface area contributed by atoms with E-state index in [-0.39, 0.29) is 12.6 Å². The van der Waals surface area contributed by atoms with Crippen LogP contribution in [-0.2, 0) is 19.2 Å². The van der Waals surface area contributed by atoms with Crippen molar-refractivity contribution in [1.29, 1.82) is 0 Å².